The summed E-state index contributed by atoms with van der Waals surface area (Å²) in [5.41, 5.74) is 1.15. The van der Waals surface area contributed by atoms with Crippen molar-refractivity contribution in [2.45, 2.75) is 6.92 Å². The molecule has 0 fully saturated rings. The maximum Gasteiger partial charge on any atom is 0.261 e. The summed E-state index contributed by atoms with van der Waals surface area (Å²) < 4.78 is 13.7. The molecule has 0 spiro atoms. The molecular weight excluding hydrogens is 295 g/mol. The lowest BCUT2D eigenvalue weighted by Crippen LogP contribution is -2.14. The summed E-state index contributed by atoms with van der Waals surface area (Å²) in [5, 5.41) is 9.91. The van der Waals surface area contributed by atoms with Crippen LogP contribution >= 0.6 is 11.6 Å². The molecule has 0 saturated heterocycles. The van der Waals surface area contributed by atoms with Crippen LogP contribution in [0, 0.1) is 12.7 Å². The molecule has 0 bridgehead atoms. The number of halogens is 2. The van der Waals surface area contributed by atoms with E-state index in [9.17, 15) is 9.18 Å². The fraction of sp³-hybridized carbons (Fsp3) is 0.0714. The summed E-state index contributed by atoms with van der Waals surface area (Å²) in [7, 11) is 0. The monoisotopic (exact) mass is 304 g/mol. The number of rotatable bonds is 2. The number of carbonyl (C=O) groups excluding carboxylic acids is 1. The van der Waals surface area contributed by atoms with Gasteiger partial charge in [0.25, 0.3) is 5.91 Å². The zero-order valence-corrected chi connectivity index (χ0v) is 11.7. The SMILES string of the molecule is Cc1ccc2c(NC(=O)c3c(F)cccc3Cl)n[nH]c2n1. The van der Waals surface area contributed by atoms with Crippen molar-refractivity contribution >= 4 is 34.4 Å². The lowest BCUT2D eigenvalue weighted by atomic mass is 10.2. The average molecular weight is 305 g/mol. The summed E-state index contributed by atoms with van der Waals surface area (Å²) in [6, 6.07) is 7.63. The minimum Gasteiger partial charge on any atom is -0.304 e. The van der Waals surface area contributed by atoms with E-state index in [1.807, 2.05) is 6.92 Å². The second-order valence-corrected chi connectivity index (χ2v) is 4.88. The average Bonchev–Trinajstić information content (AvgIpc) is 2.80. The van der Waals surface area contributed by atoms with Gasteiger partial charge in [0, 0.05) is 5.69 Å². The number of fused-ring (bicyclic) bond motifs is 1. The first-order valence-corrected chi connectivity index (χ1v) is 6.51. The van der Waals surface area contributed by atoms with Gasteiger partial charge in [0.05, 0.1) is 16.0 Å². The predicted molar refractivity (Wildman–Crippen MR) is 78.0 cm³/mol. The smallest absolute Gasteiger partial charge is 0.261 e. The normalized spacial score (nSPS) is 10.8. The number of H-pyrrole nitrogens is 1. The van der Waals surface area contributed by atoms with Crippen LogP contribution in [0.4, 0.5) is 10.2 Å². The van der Waals surface area contributed by atoms with Crippen LogP contribution in [-0.4, -0.2) is 21.1 Å². The van der Waals surface area contributed by atoms with Crippen LogP contribution in [0.15, 0.2) is 30.3 Å². The molecule has 0 aliphatic heterocycles. The number of aromatic nitrogens is 3. The van der Waals surface area contributed by atoms with Crippen LogP contribution in [0.2, 0.25) is 5.02 Å². The van der Waals surface area contributed by atoms with Gasteiger partial charge in [0.2, 0.25) is 0 Å². The molecule has 7 heteroatoms. The zero-order valence-electron chi connectivity index (χ0n) is 10.9. The number of pyridine rings is 1. The summed E-state index contributed by atoms with van der Waals surface area (Å²) in [5.74, 6) is -1.07. The fourth-order valence-corrected chi connectivity index (χ4v) is 2.23. The number of amides is 1. The van der Waals surface area contributed by atoms with Crippen LogP contribution in [0.25, 0.3) is 11.0 Å². The first-order chi connectivity index (χ1) is 10.1. The number of anilines is 1. The summed E-state index contributed by atoms with van der Waals surface area (Å²) in [6.07, 6.45) is 0. The molecule has 0 radical (unpaired) electrons. The summed E-state index contributed by atoms with van der Waals surface area (Å²) in [4.78, 5) is 16.4. The number of benzene rings is 1. The Labute approximate surface area is 124 Å². The number of hydrogen-bond acceptors (Lipinski definition) is 3. The Hall–Kier alpha value is -2.47. The summed E-state index contributed by atoms with van der Waals surface area (Å²) >= 11 is 5.86. The molecule has 2 N–H and O–H groups in total. The standard InChI is InChI=1S/C14H10ClFN4O/c1-7-5-6-8-12(17-7)19-20-13(8)18-14(21)11-9(15)3-2-4-10(11)16/h2-6H,1H3,(H2,17,18,19,20,21). The number of hydrogen-bond donors (Lipinski definition) is 2. The van der Waals surface area contributed by atoms with Crippen molar-refractivity contribution in [1.82, 2.24) is 15.2 Å². The molecule has 0 saturated carbocycles. The van der Waals surface area contributed by atoms with Crippen molar-refractivity contribution in [3.8, 4) is 0 Å². The highest BCUT2D eigenvalue weighted by atomic mass is 35.5. The van der Waals surface area contributed by atoms with Gasteiger partial charge in [0.1, 0.15) is 5.82 Å². The van der Waals surface area contributed by atoms with E-state index in [1.165, 1.54) is 18.2 Å². The molecule has 3 rings (SSSR count). The second-order valence-electron chi connectivity index (χ2n) is 4.47. The Morgan fingerprint density at radius 1 is 1.33 bits per heavy atom. The molecule has 106 valence electrons. The van der Waals surface area contributed by atoms with E-state index in [1.54, 1.807) is 12.1 Å². The van der Waals surface area contributed by atoms with Crippen molar-refractivity contribution in [1.29, 1.82) is 0 Å². The Bertz CT molecular complexity index is 826. The molecule has 5 nitrogen and oxygen atoms in total. The molecule has 1 amide bonds. The number of nitrogens with one attached hydrogen (secondary N) is 2. The molecule has 0 atom stereocenters. The van der Waals surface area contributed by atoms with Crippen LogP contribution in [-0.2, 0) is 0 Å². The van der Waals surface area contributed by atoms with Crippen LogP contribution in [0.3, 0.4) is 0 Å². The highest BCUT2D eigenvalue weighted by Crippen LogP contribution is 2.23. The van der Waals surface area contributed by atoms with Crippen LogP contribution in [0.1, 0.15) is 16.1 Å². The Morgan fingerprint density at radius 3 is 2.90 bits per heavy atom. The molecule has 0 unspecified atom stereocenters. The van der Waals surface area contributed by atoms with Gasteiger partial charge in [-0.1, -0.05) is 17.7 Å². The van der Waals surface area contributed by atoms with Gasteiger partial charge in [-0.3, -0.25) is 9.89 Å². The van der Waals surface area contributed by atoms with E-state index in [0.717, 1.165) is 5.69 Å². The number of aryl methyl sites for hydroxylation is 1. The molecule has 0 aliphatic rings. The number of carbonyl (C=O) groups is 1. The molecular formula is C14H10ClFN4O. The molecule has 3 aromatic rings. The van der Waals surface area contributed by atoms with Gasteiger partial charge in [-0.2, -0.15) is 5.10 Å². The van der Waals surface area contributed by atoms with Gasteiger partial charge in [-0.15, -0.1) is 0 Å². The van der Waals surface area contributed by atoms with Crippen LogP contribution < -0.4 is 5.32 Å². The maximum absolute atomic E-state index is 13.7. The number of nitrogens with zero attached hydrogens (tertiary/aromatic N) is 2. The van der Waals surface area contributed by atoms with Crippen molar-refractivity contribution in [2.75, 3.05) is 5.32 Å². The largest absolute Gasteiger partial charge is 0.304 e. The van der Waals surface area contributed by atoms with Crippen molar-refractivity contribution in [3.63, 3.8) is 0 Å². The van der Waals surface area contributed by atoms with Crippen molar-refractivity contribution in [3.05, 3.63) is 52.4 Å². The fourth-order valence-electron chi connectivity index (χ4n) is 1.98. The van der Waals surface area contributed by atoms with Gasteiger partial charge in [0.15, 0.2) is 11.5 Å². The van der Waals surface area contributed by atoms with Gasteiger partial charge >= 0.3 is 0 Å². The molecule has 0 aliphatic carbocycles. The quantitative estimate of drug-likeness (QED) is 0.763. The van der Waals surface area contributed by atoms with E-state index in [2.05, 4.69) is 20.5 Å². The topological polar surface area (TPSA) is 70.7 Å². The van der Waals surface area contributed by atoms with Crippen molar-refractivity contribution in [2.24, 2.45) is 0 Å². The van der Waals surface area contributed by atoms with E-state index < -0.39 is 11.7 Å². The van der Waals surface area contributed by atoms with E-state index in [4.69, 9.17) is 11.6 Å². The molecule has 2 heterocycles. The summed E-state index contributed by atoms with van der Waals surface area (Å²) in [6.45, 7) is 1.84. The highest BCUT2D eigenvalue weighted by molar-refractivity contribution is 6.34. The van der Waals surface area contributed by atoms with E-state index >= 15 is 0 Å². The highest BCUT2D eigenvalue weighted by Gasteiger charge is 2.18. The molecule has 1 aromatic carbocycles. The third-order valence-corrected chi connectivity index (χ3v) is 3.30. The Kier molecular flexibility index (Phi) is 3.31. The Morgan fingerprint density at radius 2 is 2.14 bits per heavy atom. The zero-order chi connectivity index (χ0) is 15.0. The maximum atomic E-state index is 13.7. The van der Waals surface area contributed by atoms with E-state index in [0.29, 0.717) is 11.0 Å². The van der Waals surface area contributed by atoms with E-state index in [-0.39, 0.29) is 16.4 Å². The molecule has 2 aromatic heterocycles. The Balaban J connectivity index is 1.97. The van der Waals surface area contributed by atoms with Gasteiger partial charge in [-0.25, -0.2) is 9.37 Å². The lowest BCUT2D eigenvalue weighted by molar-refractivity contribution is 0.102. The lowest BCUT2D eigenvalue weighted by Gasteiger charge is -2.05. The van der Waals surface area contributed by atoms with Crippen LogP contribution in [0.5, 0.6) is 0 Å². The second kappa shape index (κ2) is 5.14. The van der Waals surface area contributed by atoms with Gasteiger partial charge < -0.3 is 5.32 Å². The minimum atomic E-state index is -0.686. The minimum absolute atomic E-state index is 0.0429. The molecule has 21 heavy (non-hydrogen) atoms. The number of aromatic amines is 1. The predicted octanol–water partition coefficient (Wildman–Crippen LogP) is 3.31. The van der Waals surface area contributed by atoms with Gasteiger partial charge in [-0.05, 0) is 31.2 Å². The van der Waals surface area contributed by atoms with Crippen molar-refractivity contribution < 1.29 is 9.18 Å². The third kappa shape index (κ3) is 2.45. The third-order valence-electron chi connectivity index (χ3n) is 2.98. The first kappa shape index (κ1) is 13.5. The first-order valence-electron chi connectivity index (χ1n) is 6.13.